The first-order valence-corrected chi connectivity index (χ1v) is 5.71. The number of halogens is 1. The molecule has 1 aliphatic heterocycles. The van der Waals surface area contributed by atoms with Gasteiger partial charge in [0.25, 0.3) is 11.4 Å². The molecule has 0 saturated carbocycles. The van der Waals surface area contributed by atoms with Gasteiger partial charge in [-0.05, 0) is 0 Å². The first-order valence-electron chi connectivity index (χ1n) is 5.71. The van der Waals surface area contributed by atoms with E-state index in [1.54, 1.807) is 0 Å². The van der Waals surface area contributed by atoms with E-state index in [1.807, 2.05) is 4.98 Å². The van der Waals surface area contributed by atoms with Crippen molar-refractivity contribution in [3.05, 3.63) is 33.1 Å². The van der Waals surface area contributed by atoms with Crippen molar-refractivity contribution >= 4 is 6.09 Å². The molecule has 10 nitrogen and oxygen atoms in total. The van der Waals surface area contributed by atoms with E-state index in [0.29, 0.717) is 4.57 Å². The van der Waals surface area contributed by atoms with E-state index in [0.717, 1.165) is 12.3 Å². The fourth-order valence-electron chi connectivity index (χ4n) is 1.89. The fourth-order valence-corrected chi connectivity index (χ4v) is 1.89. The molecule has 5 N–H and O–H groups in total. The van der Waals surface area contributed by atoms with E-state index in [9.17, 15) is 29.0 Å². The number of nitrogens with two attached hydrogens (primary N) is 1. The molecule has 0 bridgehead atoms. The van der Waals surface area contributed by atoms with Crippen LogP contribution in [0.15, 0.2) is 21.9 Å². The molecule has 1 fully saturated rings. The highest BCUT2D eigenvalue weighted by Crippen LogP contribution is 2.37. The maximum atomic E-state index is 14.3. The topological polar surface area (TPSA) is 157 Å². The highest BCUT2D eigenvalue weighted by atomic mass is 19.2. The number of H-pyrrole nitrogens is 1. The number of nitrogens with one attached hydrogen (secondary N) is 1. The summed E-state index contributed by atoms with van der Waals surface area (Å²) in [7, 11) is 0. The number of alkyl halides is 1. The molecule has 0 aliphatic carbocycles. The summed E-state index contributed by atoms with van der Waals surface area (Å²) in [4.78, 5) is 34.9. The van der Waals surface area contributed by atoms with Crippen LogP contribution in [-0.2, 0) is 9.47 Å². The van der Waals surface area contributed by atoms with Crippen LogP contribution in [0.3, 0.4) is 0 Å². The highest BCUT2D eigenvalue weighted by Gasteiger charge is 2.57. The largest absolute Gasteiger partial charge is 0.444 e. The van der Waals surface area contributed by atoms with Crippen LogP contribution in [0.25, 0.3) is 0 Å². The summed E-state index contributed by atoms with van der Waals surface area (Å²) in [6.07, 6.45) is -5.90. The van der Waals surface area contributed by atoms with Gasteiger partial charge in [0.05, 0.1) is 0 Å². The van der Waals surface area contributed by atoms with Crippen LogP contribution in [0.2, 0.25) is 0 Å². The first kappa shape index (κ1) is 15.2. The van der Waals surface area contributed by atoms with Gasteiger partial charge in [0.2, 0.25) is 0 Å². The number of aromatic nitrogens is 2. The Morgan fingerprint density at radius 2 is 2.24 bits per heavy atom. The van der Waals surface area contributed by atoms with Crippen LogP contribution in [0.5, 0.6) is 0 Å². The van der Waals surface area contributed by atoms with Gasteiger partial charge in [-0.2, -0.15) is 0 Å². The summed E-state index contributed by atoms with van der Waals surface area (Å²) < 4.78 is 24.0. The Balaban J connectivity index is 2.29. The second-order valence-corrected chi connectivity index (χ2v) is 4.36. The van der Waals surface area contributed by atoms with Crippen molar-refractivity contribution in [2.75, 3.05) is 6.61 Å². The molecular formula is C10H12FN3O7. The van der Waals surface area contributed by atoms with Crippen LogP contribution in [-0.4, -0.2) is 50.5 Å². The van der Waals surface area contributed by atoms with Crippen molar-refractivity contribution in [3.8, 4) is 0 Å². The number of rotatable bonds is 3. The van der Waals surface area contributed by atoms with Crippen LogP contribution in [0.1, 0.15) is 6.23 Å². The van der Waals surface area contributed by atoms with Gasteiger partial charge in [0, 0.05) is 12.3 Å². The lowest BCUT2D eigenvalue weighted by molar-refractivity contribution is -0.206. The van der Waals surface area contributed by atoms with Crippen molar-refractivity contribution in [2.45, 2.75) is 24.3 Å². The number of aliphatic hydroxyl groups is 2. The average molecular weight is 305 g/mol. The fraction of sp³-hybridized carbons (Fsp3) is 0.500. The SMILES string of the molecule is NC(=O)OC[C@@]1(F)O[C@@H](n2ccc(=O)[nH]c2=O)[C@H](O)[C@@H]1O. The van der Waals surface area contributed by atoms with Crippen LogP contribution >= 0.6 is 0 Å². The molecule has 1 aromatic rings. The standard InChI is InChI=1S/C10H12FN3O7/c11-10(3-20-8(12)18)6(17)5(16)7(21-10)14-2-1-4(15)13-9(14)19/h1-2,5-7,16-17H,3H2,(H2,12,18)(H,13,15,19)/t5-,6+,7-,10-/m1/s1. The van der Waals surface area contributed by atoms with Gasteiger partial charge in [0.1, 0.15) is 12.2 Å². The zero-order valence-electron chi connectivity index (χ0n) is 10.4. The Morgan fingerprint density at radius 3 is 2.81 bits per heavy atom. The lowest BCUT2D eigenvalue weighted by Crippen LogP contribution is -2.44. The Bertz CT molecular complexity index is 659. The minimum absolute atomic E-state index is 0.681. The minimum atomic E-state index is -2.95. The molecule has 0 unspecified atom stereocenters. The Labute approximate surface area is 115 Å². The van der Waals surface area contributed by atoms with Gasteiger partial charge in [-0.1, -0.05) is 0 Å². The number of aromatic amines is 1. The predicted molar refractivity (Wildman–Crippen MR) is 62.8 cm³/mol. The molecule has 1 aromatic heterocycles. The molecule has 116 valence electrons. The van der Waals surface area contributed by atoms with Crippen molar-refractivity contribution < 1.29 is 28.9 Å². The molecule has 1 saturated heterocycles. The summed E-state index contributed by atoms with van der Waals surface area (Å²) >= 11 is 0. The summed E-state index contributed by atoms with van der Waals surface area (Å²) in [5, 5.41) is 19.4. The molecule has 11 heteroatoms. The molecule has 0 radical (unpaired) electrons. The number of carbonyl (C=O) groups excluding carboxylic acids is 1. The molecule has 1 amide bonds. The average Bonchev–Trinajstić information content (AvgIpc) is 2.62. The summed E-state index contributed by atoms with van der Waals surface area (Å²) in [5.41, 5.74) is 3.00. The number of hydrogen-bond donors (Lipinski definition) is 4. The molecule has 4 atom stereocenters. The highest BCUT2D eigenvalue weighted by molar-refractivity contribution is 5.64. The van der Waals surface area contributed by atoms with Gasteiger partial charge in [-0.25, -0.2) is 14.0 Å². The first-order chi connectivity index (χ1) is 9.74. The van der Waals surface area contributed by atoms with E-state index in [4.69, 9.17) is 4.74 Å². The maximum absolute atomic E-state index is 14.3. The van der Waals surface area contributed by atoms with Crippen LogP contribution in [0.4, 0.5) is 9.18 Å². The number of primary amides is 1. The predicted octanol–water partition coefficient (Wildman–Crippen LogP) is -2.45. The molecular weight excluding hydrogens is 293 g/mol. The monoisotopic (exact) mass is 305 g/mol. The zero-order chi connectivity index (χ0) is 15.8. The maximum Gasteiger partial charge on any atom is 0.404 e. The molecule has 2 heterocycles. The second kappa shape index (κ2) is 5.27. The smallest absolute Gasteiger partial charge is 0.404 e. The number of amides is 1. The van der Waals surface area contributed by atoms with Crippen molar-refractivity contribution in [2.24, 2.45) is 5.73 Å². The molecule has 21 heavy (non-hydrogen) atoms. The Hall–Kier alpha value is -2.24. The van der Waals surface area contributed by atoms with Crippen molar-refractivity contribution in [1.82, 2.24) is 9.55 Å². The van der Waals surface area contributed by atoms with Crippen molar-refractivity contribution in [3.63, 3.8) is 0 Å². The molecule has 2 rings (SSSR count). The van der Waals surface area contributed by atoms with Gasteiger partial charge >= 0.3 is 11.8 Å². The number of aliphatic hydroxyl groups excluding tert-OH is 2. The lowest BCUT2D eigenvalue weighted by atomic mass is 10.1. The third kappa shape index (κ3) is 2.79. The zero-order valence-corrected chi connectivity index (χ0v) is 10.4. The van der Waals surface area contributed by atoms with Gasteiger partial charge in [0.15, 0.2) is 12.8 Å². The van der Waals surface area contributed by atoms with Crippen LogP contribution < -0.4 is 17.0 Å². The van der Waals surface area contributed by atoms with Gasteiger partial charge in [-0.3, -0.25) is 14.3 Å². The van der Waals surface area contributed by atoms with E-state index in [1.165, 1.54) is 0 Å². The third-order valence-corrected chi connectivity index (χ3v) is 2.91. The van der Waals surface area contributed by atoms with E-state index < -0.39 is 48.2 Å². The summed E-state index contributed by atoms with van der Waals surface area (Å²) in [6.45, 7) is -1.07. The normalized spacial score (nSPS) is 32.0. The molecule has 0 spiro atoms. The van der Waals surface area contributed by atoms with Crippen LogP contribution in [0, 0.1) is 0 Å². The summed E-state index contributed by atoms with van der Waals surface area (Å²) in [6, 6.07) is 0.946. The lowest BCUT2D eigenvalue weighted by Gasteiger charge is -2.21. The Kier molecular flexibility index (Phi) is 3.80. The number of carbonyl (C=O) groups is 1. The van der Waals surface area contributed by atoms with Crippen molar-refractivity contribution in [1.29, 1.82) is 0 Å². The number of hydrogen-bond acceptors (Lipinski definition) is 7. The van der Waals surface area contributed by atoms with E-state index in [-0.39, 0.29) is 0 Å². The number of ether oxygens (including phenoxy) is 2. The molecule has 1 aliphatic rings. The van der Waals surface area contributed by atoms with E-state index >= 15 is 0 Å². The van der Waals surface area contributed by atoms with Gasteiger partial charge < -0.3 is 25.4 Å². The second-order valence-electron chi connectivity index (χ2n) is 4.36. The molecule has 0 aromatic carbocycles. The van der Waals surface area contributed by atoms with E-state index in [2.05, 4.69) is 10.5 Å². The minimum Gasteiger partial charge on any atom is -0.444 e. The van der Waals surface area contributed by atoms with Gasteiger partial charge in [-0.15, -0.1) is 0 Å². The third-order valence-electron chi connectivity index (χ3n) is 2.91. The quantitative estimate of drug-likeness (QED) is 0.482. The Morgan fingerprint density at radius 1 is 1.57 bits per heavy atom. The number of nitrogens with zero attached hydrogens (tertiary/aromatic N) is 1. The summed E-state index contributed by atoms with van der Waals surface area (Å²) in [5.74, 6) is -2.95.